The van der Waals surface area contributed by atoms with Crippen molar-refractivity contribution in [1.29, 1.82) is 0 Å². The number of nitrogens with two attached hydrogens (primary N) is 1. The molecule has 12 heavy (non-hydrogen) atoms. The number of aliphatic hydroxyl groups is 1. The molecule has 0 aromatic heterocycles. The monoisotopic (exact) mass is 193 g/mol. The molecule has 6 nitrogen and oxygen atoms in total. The lowest BCUT2D eigenvalue weighted by Crippen LogP contribution is -2.23. The third-order valence-corrected chi connectivity index (χ3v) is 2.01. The highest BCUT2D eigenvalue weighted by Crippen LogP contribution is 2.06. The smallest absolute Gasteiger partial charge is 0.245 e. The molecule has 0 unspecified atom stereocenters. The summed E-state index contributed by atoms with van der Waals surface area (Å²) >= 11 is 0. The molecule has 0 amide bonds. The highest BCUT2D eigenvalue weighted by atomic mass is 32.2. The molecule has 0 fully saturated rings. The van der Waals surface area contributed by atoms with Crippen molar-refractivity contribution in [2.24, 2.45) is 5.14 Å². The molecular weight excluding hydrogens is 186 g/mol. The Labute approximate surface area is 68.7 Å². The number of rotatable bonds is 3. The quantitative estimate of drug-likeness (QED) is 0.254. The number of sulfonamides is 1. The molecule has 0 heterocycles. The molecule has 0 saturated heterocycles. The number of carbonyl (C=O) groups excluding carboxylic acids is 2. The van der Waals surface area contributed by atoms with E-state index in [0.717, 1.165) is 6.92 Å². The third-order valence-electron chi connectivity index (χ3n) is 0.944. The number of aldehydes is 1. The molecule has 0 aliphatic heterocycles. The van der Waals surface area contributed by atoms with E-state index in [2.05, 4.69) is 5.14 Å². The molecule has 7 heteroatoms. The molecule has 0 bridgehead atoms. The summed E-state index contributed by atoms with van der Waals surface area (Å²) in [6.07, 6.45) is -0.237. The predicted molar refractivity (Wildman–Crippen MR) is 39.5 cm³/mol. The lowest BCUT2D eigenvalue weighted by atomic mass is 10.3. The Bertz CT molecular complexity index is 335. The molecule has 0 aliphatic rings. The van der Waals surface area contributed by atoms with Gasteiger partial charge >= 0.3 is 0 Å². The fourth-order valence-electron chi connectivity index (χ4n) is 0.578. The van der Waals surface area contributed by atoms with Gasteiger partial charge in [0.1, 0.15) is 5.76 Å². The van der Waals surface area contributed by atoms with Crippen LogP contribution in [0.5, 0.6) is 0 Å². The van der Waals surface area contributed by atoms with Crippen molar-refractivity contribution in [3.05, 3.63) is 10.7 Å². The lowest BCUT2D eigenvalue weighted by Gasteiger charge is -1.99. The zero-order chi connectivity index (χ0) is 9.94. The largest absolute Gasteiger partial charge is 0.511 e. The van der Waals surface area contributed by atoms with Crippen molar-refractivity contribution in [1.82, 2.24) is 0 Å². The van der Waals surface area contributed by atoms with Gasteiger partial charge in [-0.05, 0) is 6.92 Å². The third kappa shape index (κ3) is 2.44. The minimum Gasteiger partial charge on any atom is -0.511 e. The zero-order valence-electron chi connectivity index (χ0n) is 6.14. The molecule has 0 aromatic carbocycles. The van der Waals surface area contributed by atoms with Gasteiger partial charge in [-0.25, -0.2) is 13.6 Å². The van der Waals surface area contributed by atoms with Crippen molar-refractivity contribution in [2.45, 2.75) is 6.92 Å². The summed E-state index contributed by atoms with van der Waals surface area (Å²) in [5, 5.41) is 13.2. The van der Waals surface area contributed by atoms with Gasteiger partial charge in [0.05, 0.1) is 0 Å². The van der Waals surface area contributed by atoms with Gasteiger partial charge in [0.25, 0.3) is 0 Å². The van der Waals surface area contributed by atoms with Crippen molar-refractivity contribution >= 4 is 22.1 Å². The summed E-state index contributed by atoms with van der Waals surface area (Å²) in [6.45, 7) is 0.946. The molecule has 0 atom stereocenters. The second kappa shape index (κ2) is 3.46. The first-order chi connectivity index (χ1) is 5.30. The molecule has 68 valence electrons. The highest BCUT2D eigenvalue weighted by molar-refractivity contribution is 7.94. The van der Waals surface area contributed by atoms with Crippen LogP contribution in [0.25, 0.3) is 0 Å². The van der Waals surface area contributed by atoms with E-state index in [4.69, 9.17) is 5.11 Å². The topological polar surface area (TPSA) is 115 Å². The lowest BCUT2D eigenvalue weighted by molar-refractivity contribution is -0.127. The minimum atomic E-state index is -4.33. The molecule has 0 radical (unpaired) electrons. The summed E-state index contributed by atoms with van der Waals surface area (Å²) in [4.78, 5) is 19.4. The number of primary sulfonamides is 1. The van der Waals surface area contributed by atoms with Crippen molar-refractivity contribution in [3.8, 4) is 0 Å². The van der Waals surface area contributed by atoms with E-state index in [-0.39, 0.29) is 6.29 Å². The number of allylic oxidation sites excluding steroid dienone is 2. The maximum absolute atomic E-state index is 10.6. The summed E-state index contributed by atoms with van der Waals surface area (Å²) in [7, 11) is -4.33. The van der Waals surface area contributed by atoms with Crippen LogP contribution in [-0.4, -0.2) is 25.6 Å². The second-order valence-electron chi connectivity index (χ2n) is 1.94. The molecule has 3 N–H and O–H groups in total. The number of hydrogen-bond acceptors (Lipinski definition) is 5. The number of Topliss-reactive ketones (excluding diaryl/α,β-unsaturated/α-hetero) is 1. The van der Waals surface area contributed by atoms with Crippen LogP contribution in [0, 0.1) is 0 Å². The Balaban J connectivity index is 5.42. The zero-order valence-corrected chi connectivity index (χ0v) is 6.96. The van der Waals surface area contributed by atoms with Gasteiger partial charge in [-0.15, -0.1) is 0 Å². The molecule has 0 aliphatic carbocycles. The van der Waals surface area contributed by atoms with Gasteiger partial charge in [0.2, 0.25) is 15.8 Å². The van der Waals surface area contributed by atoms with Gasteiger partial charge in [0.15, 0.2) is 11.2 Å². The number of aliphatic hydroxyl groups excluding tert-OH is 1. The van der Waals surface area contributed by atoms with Gasteiger partial charge in [-0.1, -0.05) is 0 Å². The second-order valence-corrected chi connectivity index (χ2v) is 3.44. The summed E-state index contributed by atoms with van der Waals surface area (Å²) < 4.78 is 21.1. The van der Waals surface area contributed by atoms with Crippen LogP contribution in [-0.2, 0) is 19.6 Å². The van der Waals surface area contributed by atoms with E-state index in [1.807, 2.05) is 0 Å². The van der Waals surface area contributed by atoms with Crippen LogP contribution in [0.15, 0.2) is 10.7 Å². The molecule has 0 saturated carbocycles. The fraction of sp³-hybridized carbons (Fsp3) is 0.200. The standard InChI is InChI=1S/C5H7NO5S/c1-3(8)5(4(9)2-7)12(6,10)11/h2,8H,1H3,(H2,6,10,11)/b5-3+. The van der Waals surface area contributed by atoms with Crippen molar-refractivity contribution < 1.29 is 23.1 Å². The molecule has 0 rings (SSSR count). The van der Waals surface area contributed by atoms with E-state index in [0.29, 0.717) is 0 Å². The molecular formula is C5H7NO5S. The summed E-state index contributed by atoms with van der Waals surface area (Å²) in [5.74, 6) is -2.16. The summed E-state index contributed by atoms with van der Waals surface area (Å²) in [5.41, 5.74) is 0. The van der Waals surface area contributed by atoms with Crippen molar-refractivity contribution in [3.63, 3.8) is 0 Å². The first kappa shape index (κ1) is 10.8. The first-order valence-corrected chi connectivity index (χ1v) is 4.27. The van der Waals surface area contributed by atoms with Crippen LogP contribution in [0.2, 0.25) is 0 Å². The predicted octanol–water partition coefficient (Wildman–Crippen LogP) is -1.17. The highest BCUT2D eigenvalue weighted by Gasteiger charge is 2.23. The fourth-order valence-corrected chi connectivity index (χ4v) is 1.32. The van der Waals surface area contributed by atoms with E-state index in [1.54, 1.807) is 0 Å². The van der Waals surface area contributed by atoms with Crippen LogP contribution in [0.1, 0.15) is 6.92 Å². The maximum Gasteiger partial charge on any atom is 0.245 e. The Kier molecular flexibility index (Phi) is 3.11. The average Bonchev–Trinajstić information content (AvgIpc) is 1.83. The van der Waals surface area contributed by atoms with Gasteiger partial charge < -0.3 is 5.11 Å². The SMILES string of the molecule is C/C(O)=C(/C(=O)C=O)S(N)(=O)=O. The Morgan fingerprint density at radius 1 is 1.50 bits per heavy atom. The number of ketones is 1. The summed E-state index contributed by atoms with van der Waals surface area (Å²) in [6, 6.07) is 0. The maximum atomic E-state index is 10.6. The van der Waals surface area contributed by atoms with E-state index >= 15 is 0 Å². The Morgan fingerprint density at radius 2 is 1.92 bits per heavy atom. The minimum absolute atomic E-state index is 0.237. The van der Waals surface area contributed by atoms with E-state index in [1.165, 1.54) is 0 Å². The number of hydrogen-bond donors (Lipinski definition) is 2. The van der Waals surface area contributed by atoms with Gasteiger partial charge in [0, 0.05) is 0 Å². The molecule has 0 spiro atoms. The van der Waals surface area contributed by atoms with Gasteiger partial charge in [-0.3, -0.25) is 9.59 Å². The van der Waals surface area contributed by atoms with Crippen LogP contribution in [0.4, 0.5) is 0 Å². The average molecular weight is 193 g/mol. The van der Waals surface area contributed by atoms with Crippen molar-refractivity contribution in [2.75, 3.05) is 0 Å². The van der Waals surface area contributed by atoms with E-state index < -0.39 is 26.5 Å². The normalized spacial score (nSPS) is 13.5. The van der Waals surface area contributed by atoms with Crippen LogP contribution < -0.4 is 5.14 Å². The Morgan fingerprint density at radius 3 is 2.00 bits per heavy atom. The van der Waals surface area contributed by atoms with Crippen LogP contribution in [0.3, 0.4) is 0 Å². The van der Waals surface area contributed by atoms with E-state index in [9.17, 15) is 18.0 Å². The molecule has 0 aromatic rings. The number of carbonyl (C=O) groups is 2. The van der Waals surface area contributed by atoms with Crippen LogP contribution >= 0.6 is 0 Å². The Hall–Kier alpha value is -1.21. The first-order valence-electron chi connectivity index (χ1n) is 2.73. The van der Waals surface area contributed by atoms with Gasteiger partial charge in [-0.2, -0.15) is 0 Å².